The highest BCUT2D eigenvalue weighted by atomic mass is 32.2. The van der Waals surface area contributed by atoms with Crippen LogP contribution in [0, 0.1) is 6.92 Å². The van der Waals surface area contributed by atoms with Crippen LogP contribution in [0.5, 0.6) is 0 Å². The highest BCUT2D eigenvalue weighted by molar-refractivity contribution is 8.00. The summed E-state index contributed by atoms with van der Waals surface area (Å²) in [4.78, 5) is 6.90. The predicted octanol–water partition coefficient (Wildman–Crippen LogP) is 3.85. The minimum atomic E-state index is 0.371. The van der Waals surface area contributed by atoms with Gasteiger partial charge in [-0.15, -0.1) is 0 Å². The van der Waals surface area contributed by atoms with E-state index in [2.05, 4.69) is 47.6 Å². The fourth-order valence-corrected chi connectivity index (χ4v) is 3.99. The van der Waals surface area contributed by atoms with Crippen molar-refractivity contribution >= 4 is 33.9 Å². The van der Waals surface area contributed by atoms with Crippen LogP contribution in [0.1, 0.15) is 26.0 Å². The summed E-state index contributed by atoms with van der Waals surface area (Å²) in [5.41, 5.74) is 9.26. The summed E-state index contributed by atoms with van der Waals surface area (Å²) in [5, 5.41) is 2.29. The minimum Gasteiger partial charge on any atom is -0.398 e. The standard InChI is InChI=1S/C17H23N3S/c1-12-10-13-14(11-19-12)15(18)4-5-16(13)20-7-6-17(2,3)21-9-8-20/h4-5,10-11H,6-9,18H2,1-3H3. The highest BCUT2D eigenvalue weighted by Crippen LogP contribution is 2.36. The van der Waals surface area contributed by atoms with Crippen molar-refractivity contribution in [2.24, 2.45) is 0 Å². The van der Waals surface area contributed by atoms with Gasteiger partial charge < -0.3 is 10.6 Å². The normalized spacial score (nSPS) is 18.7. The average Bonchev–Trinajstić information content (AvgIpc) is 2.60. The zero-order chi connectivity index (χ0) is 15.0. The molecule has 0 amide bonds. The molecule has 0 bridgehead atoms. The first-order valence-electron chi connectivity index (χ1n) is 7.50. The fourth-order valence-electron chi connectivity index (χ4n) is 2.89. The third-order valence-electron chi connectivity index (χ3n) is 4.23. The number of nitrogens with zero attached hydrogens (tertiary/aromatic N) is 2. The SMILES string of the molecule is Cc1cc2c(N3CCSC(C)(C)CC3)ccc(N)c2cn1. The molecule has 21 heavy (non-hydrogen) atoms. The Morgan fingerprint density at radius 3 is 2.86 bits per heavy atom. The maximum Gasteiger partial charge on any atom is 0.0448 e. The van der Waals surface area contributed by atoms with Gasteiger partial charge in [-0.1, -0.05) is 13.8 Å². The molecule has 0 aliphatic carbocycles. The molecule has 2 aromatic rings. The third kappa shape index (κ3) is 2.95. The van der Waals surface area contributed by atoms with E-state index in [9.17, 15) is 0 Å². The number of benzene rings is 1. The highest BCUT2D eigenvalue weighted by Gasteiger charge is 2.24. The number of hydrogen-bond donors (Lipinski definition) is 1. The van der Waals surface area contributed by atoms with Crippen molar-refractivity contribution in [3.63, 3.8) is 0 Å². The second-order valence-corrected chi connectivity index (χ2v) is 8.19. The van der Waals surface area contributed by atoms with Crippen LogP contribution in [-0.4, -0.2) is 28.6 Å². The molecule has 0 atom stereocenters. The van der Waals surface area contributed by atoms with E-state index in [0.717, 1.165) is 29.9 Å². The smallest absolute Gasteiger partial charge is 0.0448 e. The lowest BCUT2D eigenvalue weighted by Gasteiger charge is -2.26. The molecule has 2 N–H and O–H groups in total. The summed E-state index contributed by atoms with van der Waals surface area (Å²) in [5.74, 6) is 1.17. The van der Waals surface area contributed by atoms with Gasteiger partial charge in [0.25, 0.3) is 0 Å². The molecule has 1 aliphatic heterocycles. The van der Waals surface area contributed by atoms with Crippen LogP contribution in [0.2, 0.25) is 0 Å². The Hall–Kier alpha value is -1.42. The number of hydrogen-bond acceptors (Lipinski definition) is 4. The maximum atomic E-state index is 6.12. The van der Waals surface area contributed by atoms with Gasteiger partial charge in [0.15, 0.2) is 0 Å². The van der Waals surface area contributed by atoms with E-state index in [1.54, 1.807) is 0 Å². The van der Waals surface area contributed by atoms with Gasteiger partial charge >= 0.3 is 0 Å². The molecule has 0 saturated carbocycles. The van der Waals surface area contributed by atoms with Crippen LogP contribution in [0.25, 0.3) is 10.8 Å². The molecule has 1 aromatic heterocycles. The van der Waals surface area contributed by atoms with Crippen LogP contribution in [0.4, 0.5) is 11.4 Å². The van der Waals surface area contributed by atoms with Gasteiger partial charge in [-0.25, -0.2) is 0 Å². The lowest BCUT2D eigenvalue weighted by molar-refractivity contribution is 0.638. The van der Waals surface area contributed by atoms with Crippen LogP contribution < -0.4 is 10.6 Å². The lowest BCUT2D eigenvalue weighted by Crippen LogP contribution is -2.27. The molecule has 1 fully saturated rings. The Morgan fingerprint density at radius 1 is 1.24 bits per heavy atom. The number of fused-ring (bicyclic) bond motifs is 1. The van der Waals surface area contributed by atoms with Gasteiger partial charge in [-0.05, 0) is 31.5 Å². The maximum absolute atomic E-state index is 6.12. The number of rotatable bonds is 1. The molecule has 3 rings (SSSR count). The van der Waals surface area contributed by atoms with E-state index in [1.165, 1.54) is 23.2 Å². The molecule has 4 heteroatoms. The number of pyridine rings is 1. The van der Waals surface area contributed by atoms with Crippen LogP contribution in [0.3, 0.4) is 0 Å². The monoisotopic (exact) mass is 301 g/mol. The topological polar surface area (TPSA) is 42.1 Å². The largest absolute Gasteiger partial charge is 0.398 e. The van der Waals surface area contributed by atoms with Crippen molar-refractivity contribution in [1.29, 1.82) is 0 Å². The van der Waals surface area contributed by atoms with Crippen LogP contribution in [0.15, 0.2) is 24.4 Å². The van der Waals surface area contributed by atoms with Crippen molar-refractivity contribution in [1.82, 2.24) is 4.98 Å². The van der Waals surface area contributed by atoms with Crippen molar-refractivity contribution in [2.45, 2.75) is 31.9 Å². The molecule has 1 aliphatic rings. The number of aromatic nitrogens is 1. The van der Waals surface area contributed by atoms with Crippen LogP contribution >= 0.6 is 11.8 Å². The quantitative estimate of drug-likeness (QED) is 0.813. The molecular formula is C17H23N3S. The zero-order valence-electron chi connectivity index (χ0n) is 13.0. The van der Waals surface area contributed by atoms with Gasteiger partial charge in [0.2, 0.25) is 0 Å². The second kappa shape index (κ2) is 5.41. The van der Waals surface area contributed by atoms with Gasteiger partial charge in [-0.3, -0.25) is 4.98 Å². The summed E-state index contributed by atoms with van der Waals surface area (Å²) in [7, 11) is 0. The number of nitrogens with two attached hydrogens (primary N) is 1. The summed E-state index contributed by atoms with van der Waals surface area (Å²) in [6, 6.07) is 6.34. The number of thioether (sulfide) groups is 1. The van der Waals surface area contributed by atoms with E-state index in [0.29, 0.717) is 4.75 Å². The summed E-state index contributed by atoms with van der Waals surface area (Å²) >= 11 is 2.07. The number of aryl methyl sites for hydroxylation is 1. The molecule has 0 unspecified atom stereocenters. The van der Waals surface area contributed by atoms with Crippen LogP contribution in [-0.2, 0) is 0 Å². The zero-order valence-corrected chi connectivity index (χ0v) is 13.8. The van der Waals surface area contributed by atoms with E-state index in [1.807, 2.05) is 19.2 Å². The molecule has 112 valence electrons. The Labute approximate surface area is 130 Å². The average molecular weight is 301 g/mol. The molecule has 2 heterocycles. The second-order valence-electron chi connectivity index (χ2n) is 6.39. The number of anilines is 2. The van der Waals surface area contributed by atoms with Crippen molar-refractivity contribution in [2.75, 3.05) is 29.5 Å². The third-order valence-corrected chi connectivity index (χ3v) is 5.60. The van der Waals surface area contributed by atoms with Gasteiger partial charge in [0.1, 0.15) is 0 Å². The Bertz CT molecular complexity index is 666. The predicted molar refractivity (Wildman–Crippen MR) is 94.3 cm³/mol. The Balaban J connectivity index is 2.04. The lowest BCUT2D eigenvalue weighted by atomic mass is 10.1. The summed E-state index contributed by atoms with van der Waals surface area (Å²) in [6.45, 7) is 8.91. The first-order valence-corrected chi connectivity index (χ1v) is 8.49. The van der Waals surface area contributed by atoms with Gasteiger partial charge in [0, 0.05) is 57.6 Å². The molecule has 0 radical (unpaired) electrons. The molecule has 3 nitrogen and oxygen atoms in total. The van der Waals surface area contributed by atoms with Crippen molar-refractivity contribution in [3.05, 3.63) is 30.1 Å². The minimum absolute atomic E-state index is 0.371. The first-order chi connectivity index (χ1) is 9.96. The van der Waals surface area contributed by atoms with Crippen molar-refractivity contribution in [3.8, 4) is 0 Å². The van der Waals surface area contributed by atoms with E-state index < -0.39 is 0 Å². The van der Waals surface area contributed by atoms with Gasteiger partial charge in [0.05, 0.1) is 0 Å². The fraction of sp³-hybridized carbons (Fsp3) is 0.471. The summed E-state index contributed by atoms with van der Waals surface area (Å²) < 4.78 is 0.371. The van der Waals surface area contributed by atoms with E-state index >= 15 is 0 Å². The Kier molecular flexibility index (Phi) is 3.74. The van der Waals surface area contributed by atoms with E-state index in [-0.39, 0.29) is 0 Å². The number of nitrogen functional groups attached to an aromatic ring is 1. The molecule has 1 aromatic carbocycles. The molecule has 0 spiro atoms. The van der Waals surface area contributed by atoms with E-state index in [4.69, 9.17) is 5.73 Å². The Morgan fingerprint density at radius 2 is 2.05 bits per heavy atom. The van der Waals surface area contributed by atoms with Crippen molar-refractivity contribution < 1.29 is 0 Å². The molecule has 1 saturated heterocycles. The first kappa shape index (κ1) is 14.5. The van der Waals surface area contributed by atoms with Gasteiger partial charge in [-0.2, -0.15) is 11.8 Å². The molecular weight excluding hydrogens is 278 g/mol. The summed E-state index contributed by atoms with van der Waals surface area (Å²) in [6.07, 6.45) is 3.10.